The molecule has 2 saturated heterocycles. The highest BCUT2D eigenvalue weighted by Gasteiger charge is 2.32. The predicted molar refractivity (Wildman–Crippen MR) is 147 cm³/mol. The molecule has 9 nitrogen and oxygen atoms in total. The molecule has 0 radical (unpaired) electrons. The van der Waals surface area contributed by atoms with Crippen LogP contribution in [0.3, 0.4) is 0 Å². The van der Waals surface area contributed by atoms with Gasteiger partial charge in [-0.25, -0.2) is 4.98 Å². The van der Waals surface area contributed by atoms with Gasteiger partial charge in [-0.15, -0.1) is 0 Å². The summed E-state index contributed by atoms with van der Waals surface area (Å²) in [5, 5.41) is 7.32. The molecule has 4 heterocycles. The maximum absolute atomic E-state index is 13.2. The van der Waals surface area contributed by atoms with Crippen molar-refractivity contribution in [1.82, 2.24) is 15.3 Å². The second kappa shape index (κ2) is 10.4. The van der Waals surface area contributed by atoms with Crippen molar-refractivity contribution in [2.45, 2.75) is 31.6 Å². The summed E-state index contributed by atoms with van der Waals surface area (Å²) in [6.45, 7) is 2.58. The average Bonchev–Trinajstić information content (AvgIpc) is 3.36. The zero-order valence-corrected chi connectivity index (χ0v) is 22.1. The van der Waals surface area contributed by atoms with Crippen LogP contribution >= 0.6 is 23.2 Å². The van der Waals surface area contributed by atoms with Crippen molar-refractivity contribution in [1.29, 1.82) is 0 Å². The van der Waals surface area contributed by atoms with Crippen LogP contribution in [0, 0.1) is 0 Å². The lowest BCUT2D eigenvalue weighted by Crippen LogP contribution is -2.39. The fraction of sp³-hybridized carbons (Fsp3) is 0.333. The smallest absolute Gasteiger partial charge is 0.268 e. The SMILES string of the molecule is O=C1CCCN1c1cc(Nc2ncc3c(n2)OCN(c2c(Cl)cccc2Cl)C3=O)ccc1C1CCNCC1. The first-order valence-electron chi connectivity index (χ1n) is 12.7. The number of carbonyl (C=O) groups is 2. The third-order valence-electron chi connectivity index (χ3n) is 7.20. The van der Waals surface area contributed by atoms with E-state index in [4.69, 9.17) is 27.9 Å². The Kier molecular flexibility index (Phi) is 6.82. The molecule has 0 spiro atoms. The molecule has 0 saturated carbocycles. The van der Waals surface area contributed by atoms with Crippen molar-refractivity contribution < 1.29 is 14.3 Å². The number of piperidine rings is 1. The number of anilines is 4. The summed E-state index contributed by atoms with van der Waals surface area (Å²) in [6.07, 6.45) is 4.93. The molecule has 3 aliphatic heterocycles. The molecular formula is C27H26Cl2N6O3. The van der Waals surface area contributed by atoms with Gasteiger partial charge in [0.05, 0.1) is 15.7 Å². The number of ether oxygens (including phenoxy) is 1. The van der Waals surface area contributed by atoms with Gasteiger partial charge in [0.2, 0.25) is 17.7 Å². The van der Waals surface area contributed by atoms with Crippen molar-refractivity contribution >= 4 is 58.0 Å². The van der Waals surface area contributed by atoms with Gasteiger partial charge in [0.15, 0.2) is 6.73 Å². The first-order chi connectivity index (χ1) is 18.5. The van der Waals surface area contributed by atoms with Crippen molar-refractivity contribution in [2.75, 3.05) is 41.5 Å². The van der Waals surface area contributed by atoms with Gasteiger partial charge in [0, 0.05) is 30.5 Å². The number of fused-ring (bicyclic) bond motifs is 1. The Morgan fingerprint density at radius 1 is 1.05 bits per heavy atom. The minimum absolute atomic E-state index is 0.0854. The molecule has 0 bridgehead atoms. The summed E-state index contributed by atoms with van der Waals surface area (Å²) in [6, 6.07) is 11.1. The molecule has 38 heavy (non-hydrogen) atoms. The second-order valence-corrected chi connectivity index (χ2v) is 10.4. The van der Waals surface area contributed by atoms with Crippen LogP contribution in [0.15, 0.2) is 42.6 Å². The fourth-order valence-corrected chi connectivity index (χ4v) is 5.89. The van der Waals surface area contributed by atoms with Crippen LogP contribution in [0.25, 0.3) is 0 Å². The van der Waals surface area contributed by atoms with E-state index in [2.05, 4.69) is 26.7 Å². The average molecular weight is 553 g/mol. The van der Waals surface area contributed by atoms with E-state index in [1.807, 2.05) is 17.0 Å². The van der Waals surface area contributed by atoms with Gasteiger partial charge in [0.1, 0.15) is 5.56 Å². The summed E-state index contributed by atoms with van der Waals surface area (Å²) >= 11 is 12.6. The number of amides is 2. The quantitative estimate of drug-likeness (QED) is 0.453. The van der Waals surface area contributed by atoms with E-state index >= 15 is 0 Å². The Morgan fingerprint density at radius 2 is 1.84 bits per heavy atom. The van der Waals surface area contributed by atoms with Gasteiger partial charge >= 0.3 is 0 Å². The minimum Gasteiger partial charge on any atom is -0.455 e. The molecule has 0 atom stereocenters. The number of rotatable bonds is 5. The summed E-state index contributed by atoms with van der Waals surface area (Å²) in [7, 11) is 0. The summed E-state index contributed by atoms with van der Waals surface area (Å²) in [4.78, 5) is 37.9. The first kappa shape index (κ1) is 24.9. The molecule has 11 heteroatoms. The van der Waals surface area contributed by atoms with Gasteiger partial charge in [0.25, 0.3) is 5.91 Å². The molecule has 1 aromatic heterocycles. The van der Waals surface area contributed by atoms with E-state index in [0.29, 0.717) is 28.1 Å². The summed E-state index contributed by atoms with van der Waals surface area (Å²) in [5.41, 5.74) is 3.49. The van der Waals surface area contributed by atoms with Crippen LogP contribution < -0.4 is 25.2 Å². The Balaban J connectivity index is 1.26. The van der Waals surface area contributed by atoms with Gasteiger partial charge in [-0.1, -0.05) is 35.3 Å². The van der Waals surface area contributed by atoms with E-state index in [0.717, 1.165) is 50.3 Å². The summed E-state index contributed by atoms with van der Waals surface area (Å²) in [5.74, 6) is 0.663. The fourth-order valence-electron chi connectivity index (χ4n) is 5.29. The zero-order valence-electron chi connectivity index (χ0n) is 20.5. The summed E-state index contributed by atoms with van der Waals surface area (Å²) < 4.78 is 5.80. The van der Waals surface area contributed by atoms with Gasteiger partial charge in [-0.3, -0.25) is 14.5 Å². The van der Waals surface area contributed by atoms with Gasteiger partial charge in [-0.05, 0) is 68.1 Å². The number of halogens is 2. The number of nitrogens with zero attached hydrogens (tertiary/aromatic N) is 4. The monoisotopic (exact) mass is 552 g/mol. The number of para-hydroxylation sites is 1. The lowest BCUT2D eigenvalue weighted by molar-refractivity contribution is -0.117. The van der Waals surface area contributed by atoms with E-state index in [1.54, 1.807) is 18.2 Å². The van der Waals surface area contributed by atoms with E-state index in [-0.39, 0.29) is 35.9 Å². The third-order valence-corrected chi connectivity index (χ3v) is 7.81. The molecule has 3 aliphatic rings. The Bertz CT molecular complexity index is 1390. The Labute approximate surface area is 230 Å². The molecule has 0 aliphatic carbocycles. The lowest BCUT2D eigenvalue weighted by Gasteiger charge is -2.29. The number of hydrogen-bond donors (Lipinski definition) is 2. The molecule has 2 amide bonds. The maximum Gasteiger partial charge on any atom is 0.268 e. The number of benzene rings is 2. The van der Waals surface area contributed by atoms with E-state index < -0.39 is 0 Å². The zero-order chi connectivity index (χ0) is 26.2. The molecular weight excluding hydrogens is 527 g/mol. The van der Waals surface area contributed by atoms with Crippen LogP contribution in [0.4, 0.5) is 23.0 Å². The van der Waals surface area contributed by atoms with Crippen molar-refractivity contribution in [2.24, 2.45) is 0 Å². The highest BCUT2D eigenvalue weighted by Crippen LogP contribution is 2.39. The largest absolute Gasteiger partial charge is 0.455 e. The topological polar surface area (TPSA) is 99.7 Å². The van der Waals surface area contributed by atoms with E-state index in [9.17, 15) is 9.59 Å². The van der Waals surface area contributed by atoms with Crippen LogP contribution in [-0.4, -0.2) is 48.1 Å². The standard InChI is InChI=1S/C27H26Cl2N6O3/c28-20-3-1-4-21(29)24(20)35-15-38-25-19(26(35)37)14-31-27(33-25)32-17-6-7-18(16-8-10-30-11-9-16)22(13-17)34-12-2-5-23(34)36/h1,3-4,6-7,13-14,16,30H,2,5,8-12,15H2,(H,31,32,33). The predicted octanol–water partition coefficient (Wildman–Crippen LogP) is 5.12. The molecule has 3 aromatic rings. The molecule has 2 N–H and O–H groups in total. The molecule has 2 fully saturated rings. The van der Waals surface area contributed by atoms with Crippen LogP contribution in [0.5, 0.6) is 5.88 Å². The van der Waals surface area contributed by atoms with Crippen LogP contribution in [0.1, 0.15) is 47.5 Å². The lowest BCUT2D eigenvalue weighted by atomic mass is 9.88. The number of hydrogen-bond acceptors (Lipinski definition) is 7. The Hall–Kier alpha value is -3.40. The van der Waals surface area contributed by atoms with Gasteiger partial charge < -0.3 is 20.3 Å². The first-order valence-corrected chi connectivity index (χ1v) is 13.4. The van der Waals surface area contributed by atoms with Crippen LogP contribution in [-0.2, 0) is 4.79 Å². The highest BCUT2D eigenvalue weighted by atomic mass is 35.5. The minimum atomic E-state index is -0.353. The normalized spacial score (nSPS) is 17.9. The molecule has 0 unspecified atom stereocenters. The molecule has 6 rings (SSSR count). The van der Waals surface area contributed by atoms with Crippen LogP contribution in [0.2, 0.25) is 10.0 Å². The number of aromatic nitrogens is 2. The maximum atomic E-state index is 13.2. The van der Waals surface area contributed by atoms with Crippen molar-refractivity contribution in [3.63, 3.8) is 0 Å². The van der Waals surface area contributed by atoms with Gasteiger partial charge in [-0.2, -0.15) is 4.98 Å². The number of carbonyl (C=O) groups excluding carboxylic acids is 2. The second-order valence-electron chi connectivity index (χ2n) is 9.56. The molecule has 2 aromatic carbocycles. The third kappa shape index (κ3) is 4.66. The van der Waals surface area contributed by atoms with Crippen molar-refractivity contribution in [3.8, 4) is 5.88 Å². The van der Waals surface area contributed by atoms with E-state index in [1.165, 1.54) is 16.7 Å². The Morgan fingerprint density at radius 3 is 2.58 bits per heavy atom. The molecule has 196 valence electrons. The van der Waals surface area contributed by atoms with Crippen molar-refractivity contribution in [3.05, 3.63) is 63.8 Å². The highest BCUT2D eigenvalue weighted by molar-refractivity contribution is 6.40. The number of nitrogens with one attached hydrogen (secondary N) is 2.